The number of nitrogen functional groups attached to an aromatic ring is 1. The second kappa shape index (κ2) is 11.7. The number of alkyl halides is 3. The van der Waals surface area contributed by atoms with Crippen LogP contribution >= 0.6 is 0 Å². The summed E-state index contributed by atoms with van der Waals surface area (Å²) in [7, 11) is 0. The summed E-state index contributed by atoms with van der Waals surface area (Å²) in [6.45, 7) is 0. The van der Waals surface area contributed by atoms with E-state index < -0.39 is 65.7 Å². The Balaban J connectivity index is 1.60. The van der Waals surface area contributed by atoms with Crippen molar-refractivity contribution in [3.8, 4) is 11.8 Å². The molecule has 3 aromatic rings. The second-order valence-corrected chi connectivity index (χ2v) is 9.48. The van der Waals surface area contributed by atoms with Gasteiger partial charge in [-0.05, 0) is 37.5 Å². The number of fused-ring (bicyclic) bond motifs is 1. The van der Waals surface area contributed by atoms with E-state index in [1.54, 1.807) is 0 Å². The number of nitrogens with zero attached hydrogens (tertiary/aromatic N) is 4. The number of carbonyl (C=O) groups is 2. The molecular weight excluding hydrogens is 551 g/mol. The van der Waals surface area contributed by atoms with Crippen molar-refractivity contribution in [2.45, 2.75) is 56.0 Å². The van der Waals surface area contributed by atoms with Gasteiger partial charge in [0.2, 0.25) is 5.91 Å². The molecule has 1 fully saturated rings. The third kappa shape index (κ3) is 6.38. The molecule has 1 aromatic carbocycles. The van der Waals surface area contributed by atoms with Crippen LogP contribution in [-0.2, 0) is 15.7 Å². The molecule has 218 valence electrons. The summed E-state index contributed by atoms with van der Waals surface area (Å²) in [4.78, 5) is 34.9. The van der Waals surface area contributed by atoms with Crippen molar-refractivity contribution in [3.05, 3.63) is 47.5 Å². The Morgan fingerprint density at radius 2 is 1.88 bits per heavy atom. The number of carboxylic acids is 1. The van der Waals surface area contributed by atoms with Crippen molar-refractivity contribution >= 4 is 28.9 Å². The van der Waals surface area contributed by atoms with Crippen molar-refractivity contribution in [1.29, 1.82) is 0 Å². The minimum absolute atomic E-state index is 0.0128. The van der Waals surface area contributed by atoms with E-state index in [0.717, 1.165) is 12.1 Å². The first-order chi connectivity index (χ1) is 19.3. The number of aliphatic carboxylic acids is 1. The SMILES string of the molecule is NC(=O)c1cc(C#C[C@@H](CC[C@H](N)C(=O)O)C[C@H]2O[C@@H](n3cnc4c(N)ncnc43)[C@H](O)[C@@H]2O)ccc1C(F)(F)F. The van der Waals surface area contributed by atoms with Crippen LogP contribution in [0.25, 0.3) is 11.2 Å². The number of rotatable bonds is 8. The van der Waals surface area contributed by atoms with E-state index in [2.05, 4.69) is 26.8 Å². The number of primary amides is 1. The lowest BCUT2D eigenvalue weighted by Gasteiger charge is -2.19. The van der Waals surface area contributed by atoms with Crippen molar-refractivity contribution < 1.29 is 42.8 Å². The average molecular weight is 578 g/mol. The normalized spacial score (nSPS) is 22.2. The van der Waals surface area contributed by atoms with E-state index in [1.807, 2.05) is 0 Å². The van der Waals surface area contributed by atoms with Crippen LogP contribution < -0.4 is 17.2 Å². The molecule has 0 bridgehead atoms. The fourth-order valence-electron chi connectivity index (χ4n) is 4.50. The number of aromatic nitrogens is 4. The summed E-state index contributed by atoms with van der Waals surface area (Å²) in [5.74, 6) is 2.41. The first kappa shape index (κ1) is 29.7. The molecule has 16 heteroatoms. The molecule has 1 aliphatic heterocycles. The molecule has 1 amide bonds. The number of halogens is 3. The number of amides is 1. The molecule has 6 atom stereocenters. The highest BCUT2D eigenvalue weighted by atomic mass is 19.4. The molecule has 0 saturated carbocycles. The first-order valence-electron chi connectivity index (χ1n) is 12.2. The van der Waals surface area contributed by atoms with Gasteiger partial charge in [0.1, 0.15) is 30.1 Å². The Labute approximate surface area is 230 Å². The van der Waals surface area contributed by atoms with Crippen LogP contribution in [0.1, 0.15) is 47.0 Å². The van der Waals surface area contributed by atoms with Crippen LogP contribution in [0.2, 0.25) is 0 Å². The average Bonchev–Trinajstić information content (AvgIpc) is 3.46. The van der Waals surface area contributed by atoms with Gasteiger partial charge < -0.3 is 37.3 Å². The largest absolute Gasteiger partial charge is 0.480 e. The van der Waals surface area contributed by atoms with Gasteiger partial charge in [0.15, 0.2) is 17.7 Å². The summed E-state index contributed by atoms with van der Waals surface area (Å²) in [5.41, 5.74) is 15.2. The number of carboxylic acid groups (broad SMARTS) is 1. The number of hydrogen-bond donors (Lipinski definition) is 6. The van der Waals surface area contributed by atoms with E-state index in [-0.39, 0.29) is 41.8 Å². The smallest absolute Gasteiger partial charge is 0.417 e. The Kier molecular flexibility index (Phi) is 8.44. The summed E-state index contributed by atoms with van der Waals surface area (Å²) in [6.07, 6.45) is -7.15. The zero-order chi connectivity index (χ0) is 30.1. The standard InChI is InChI=1S/C25H26F3N7O6/c26-25(27,28)14-5-3-11(7-13(14)21(31)38)1-2-12(4-6-15(29)24(39)40)8-16-18(36)19(37)23(41-16)35-10-34-17-20(30)32-9-33-22(17)35/h3,5,7,9-10,12,15-16,18-19,23,36-37H,4,6,8,29H2,(H2,31,38)(H,39,40)(H2,30,32,33)/t12-,15-,16+,18+,19+,23+/m0/s1. The third-order valence-corrected chi connectivity index (χ3v) is 6.67. The zero-order valence-corrected chi connectivity index (χ0v) is 21.2. The maximum Gasteiger partial charge on any atom is 0.417 e. The number of aliphatic hydroxyl groups is 2. The van der Waals surface area contributed by atoms with E-state index in [4.69, 9.17) is 27.0 Å². The van der Waals surface area contributed by atoms with Crippen LogP contribution in [0.3, 0.4) is 0 Å². The molecule has 9 N–H and O–H groups in total. The molecule has 0 unspecified atom stereocenters. The minimum Gasteiger partial charge on any atom is -0.480 e. The van der Waals surface area contributed by atoms with Gasteiger partial charge in [0.25, 0.3) is 0 Å². The van der Waals surface area contributed by atoms with E-state index in [9.17, 15) is 33.0 Å². The molecule has 0 aliphatic carbocycles. The lowest BCUT2D eigenvalue weighted by Crippen LogP contribution is -2.33. The molecule has 2 aromatic heterocycles. The quantitative estimate of drug-likeness (QED) is 0.201. The van der Waals surface area contributed by atoms with Gasteiger partial charge in [-0.2, -0.15) is 13.2 Å². The lowest BCUT2D eigenvalue weighted by atomic mass is 9.92. The number of imidazole rings is 1. The van der Waals surface area contributed by atoms with Gasteiger partial charge >= 0.3 is 12.1 Å². The number of ether oxygens (including phenoxy) is 1. The summed E-state index contributed by atoms with van der Waals surface area (Å²) in [6, 6.07) is 1.45. The number of nitrogens with two attached hydrogens (primary N) is 3. The highest BCUT2D eigenvalue weighted by Crippen LogP contribution is 2.35. The highest BCUT2D eigenvalue weighted by molar-refractivity contribution is 5.95. The number of aliphatic hydroxyl groups excluding tert-OH is 2. The van der Waals surface area contributed by atoms with Gasteiger partial charge in [-0.25, -0.2) is 15.0 Å². The highest BCUT2D eigenvalue weighted by Gasteiger charge is 2.45. The molecule has 1 saturated heterocycles. The van der Waals surface area contributed by atoms with Crippen LogP contribution in [0.4, 0.5) is 19.0 Å². The van der Waals surface area contributed by atoms with Crippen LogP contribution in [0, 0.1) is 17.8 Å². The predicted octanol–water partition coefficient (Wildman–Crippen LogP) is 0.396. The topological polar surface area (TPSA) is 226 Å². The molecule has 4 rings (SSSR count). The zero-order valence-electron chi connectivity index (χ0n) is 21.2. The van der Waals surface area contributed by atoms with E-state index in [0.29, 0.717) is 6.07 Å². The number of benzene rings is 1. The van der Waals surface area contributed by atoms with Crippen LogP contribution in [0.15, 0.2) is 30.9 Å². The Hall–Kier alpha value is -4.30. The van der Waals surface area contributed by atoms with Gasteiger partial charge in [-0.1, -0.05) is 11.8 Å². The minimum atomic E-state index is -4.81. The fourth-order valence-corrected chi connectivity index (χ4v) is 4.50. The van der Waals surface area contributed by atoms with Crippen LogP contribution in [0.5, 0.6) is 0 Å². The first-order valence-corrected chi connectivity index (χ1v) is 12.2. The second-order valence-electron chi connectivity index (χ2n) is 9.48. The summed E-state index contributed by atoms with van der Waals surface area (Å²) >= 11 is 0. The maximum absolute atomic E-state index is 13.3. The summed E-state index contributed by atoms with van der Waals surface area (Å²) in [5, 5.41) is 30.7. The molecule has 0 spiro atoms. The van der Waals surface area contributed by atoms with Gasteiger partial charge in [-0.3, -0.25) is 14.2 Å². The predicted molar refractivity (Wildman–Crippen MR) is 135 cm³/mol. The molecule has 1 aliphatic rings. The number of hydrogen-bond acceptors (Lipinski definition) is 10. The molecule has 0 radical (unpaired) electrons. The Morgan fingerprint density at radius 3 is 2.54 bits per heavy atom. The van der Waals surface area contributed by atoms with Crippen LogP contribution in [-0.4, -0.2) is 71.1 Å². The van der Waals surface area contributed by atoms with Crippen molar-refractivity contribution in [3.63, 3.8) is 0 Å². The molecular formula is C25H26F3N7O6. The maximum atomic E-state index is 13.3. The monoisotopic (exact) mass is 577 g/mol. The third-order valence-electron chi connectivity index (χ3n) is 6.67. The van der Waals surface area contributed by atoms with Gasteiger partial charge in [0, 0.05) is 11.5 Å². The van der Waals surface area contributed by atoms with Crippen molar-refractivity contribution in [2.75, 3.05) is 5.73 Å². The Morgan fingerprint density at radius 1 is 1.15 bits per heavy atom. The lowest BCUT2D eigenvalue weighted by molar-refractivity contribution is -0.139. The molecule has 41 heavy (non-hydrogen) atoms. The number of anilines is 1. The fraction of sp³-hybridized carbons (Fsp3) is 0.400. The molecule has 3 heterocycles. The summed E-state index contributed by atoms with van der Waals surface area (Å²) < 4.78 is 47.1. The van der Waals surface area contributed by atoms with E-state index in [1.165, 1.54) is 17.2 Å². The molecule has 13 nitrogen and oxygen atoms in total. The van der Waals surface area contributed by atoms with Gasteiger partial charge in [0.05, 0.1) is 23.6 Å². The van der Waals surface area contributed by atoms with Gasteiger partial charge in [-0.15, -0.1) is 0 Å². The number of carbonyl (C=O) groups excluding carboxylic acids is 1. The Bertz CT molecular complexity index is 1520. The van der Waals surface area contributed by atoms with Crippen molar-refractivity contribution in [2.24, 2.45) is 17.4 Å². The van der Waals surface area contributed by atoms with Crippen molar-refractivity contribution in [1.82, 2.24) is 19.5 Å². The van der Waals surface area contributed by atoms with E-state index >= 15 is 0 Å².